The van der Waals surface area contributed by atoms with Gasteiger partial charge >= 0.3 is 5.97 Å². The number of carbonyl (C=O) groups is 1. The molecule has 0 heterocycles. The van der Waals surface area contributed by atoms with E-state index in [0.29, 0.717) is 0 Å². The van der Waals surface area contributed by atoms with Crippen molar-refractivity contribution in [1.29, 1.82) is 5.26 Å². The number of nitrogens with zero attached hydrogens (tertiary/aromatic N) is 2. The van der Waals surface area contributed by atoms with Gasteiger partial charge < -0.3 is 9.64 Å². The van der Waals surface area contributed by atoms with Crippen molar-refractivity contribution in [2.24, 2.45) is 0 Å². The van der Waals surface area contributed by atoms with Crippen molar-refractivity contribution in [3.8, 4) is 6.07 Å². The van der Waals surface area contributed by atoms with E-state index in [1.165, 1.54) is 6.08 Å². The van der Waals surface area contributed by atoms with Gasteiger partial charge in [-0.25, -0.2) is 4.79 Å². The van der Waals surface area contributed by atoms with Gasteiger partial charge in [0.15, 0.2) is 0 Å². The highest BCUT2D eigenvalue weighted by Crippen LogP contribution is 2.15. The monoisotopic (exact) mass is 306 g/mol. The lowest BCUT2D eigenvalue weighted by Crippen LogP contribution is -2.08. The van der Waals surface area contributed by atoms with E-state index in [0.717, 1.165) is 16.8 Å². The molecular weight excluding hydrogens is 288 g/mol. The minimum absolute atomic E-state index is 0.0152. The van der Waals surface area contributed by atoms with Crippen molar-refractivity contribution in [3.63, 3.8) is 0 Å². The molecule has 0 N–H and O–H groups in total. The highest BCUT2D eigenvalue weighted by Gasteiger charge is 2.11. The number of nitriles is 1. The van der Waals surface area contributed by atoms with Gasteiger partial charge in [-0.15, -0.1) is 0 Å². The van der Waals surface area contributed by atoms with E-state index in [9.17, 15) is 10.1 Å². The lowest BCUT2D eigenvalue weighted by molar-refractivity contribution is -0.139. The predicted octanol–water partition coefficient (Wildman–Crippen LogP) is 3.40. The number of benzene rings is 2. The van der Waals surface area contributed by atoms with E-state index in [2.05, 4.69) is 0 Å². The fraction of sp³-hybridized carbons (Fsp3) is 0.158. The molecule has 23 heavy (non-hydrogen) atoms. The number of hydrogen-bond acceptors (Lipinski definition) is 4. The Balaban J connectivity index is 2.06. The van der Waals surface area contributed by atoms with Crippen molar-refractivity contribution < 1.29 is 9.53 Å². The van der Waals surface area contributed by atoms with Gasteiger partial charge in [-0.2, -0.15) is 5.26 Å². The van der Waals surface area contributed by atoms with Gasteiger partial charge in [0, 0.05) is 19.8 Å². The average molecular weight is 306 g/mol. The van der Waals surface area contributed by atoms with Crippen LogP contribution in [-0.2, 0) is 16.1 Å². The number of carbonyl (C=O) groups excluding carboxylic acids is 1. The molecule has 4 nitrogen and oxygen atoms in total. The largest absolute Gasteiger partial charge is 0.457 e. The molecule has 0 radical (unpaired) electrons. The molecule has 4 heteroatoms. The van der Waals surface area contributed by atoms with Crippen LogP contribution >= 0.6 is 0 Å². The van der Waals surface area contributed by atoms with Gasteiger partial charge in [0.2, 0.25) is 0 Å². The van der Waals surface area contributed by atoms with Crippen molar-refractivity contribution in [2.75, 3.05) is 19.0 Å². The number of hydrogen-bond donors (Lipinski definition) is 0. The van der Waals surface area contributed by atoms with Crippen LogP contribution in [-0.4, -0.2) is 20.1 Å². The summed E-state index contributed by atoms with van der Waals surface area (Å²) in [7, 11) is 3.90. The lowest BCUT2D eigenvalue weighted by atomic mass is 10.1. The van der Waals surface area contributed by atoms with Crippen LogP contribution in [0.4, 0.5) is 5.69 Å². The van der Waals surface area contributed by atoms with Crippen LogP contribution in [0.5, 0.6) is 0 Å². The van der Waals surface area contributed by atoms with Crippen LogP contribution in [0.25, 0.3) is 6.08 Å². The standard InChI is InChI=1S/C19H18N2O2/c1-21(2)18-10-8-15(9-11-18)12-17(13-20)19(22)23-14-16-6-4-3-5-7-16/h3-12H,14H2,1-2H3/b17-12+. The Bertz CT molecular complexity index is 726. The lowest BCUT2D eigenvalue weighted by Gasteiger charge is -2.11. The second-order valence-electron chi connectivity index (χ2n) is 5.22. The fourth-order valence-electron chi connectivity index (χ4n) is 1.97. The summed E-state index contributed by atoms with van der Waals surface area (Å²) in [6.07, 6.45) is 1.53. The molecule has 0 aliphatic carbocycles. The van der Waals surface area contributed by atoms with E-state index in [-0.39, 0.29) is 12.2 Å². The zero-order chi connectivity index (χ0) is 16.7. The maximum absolute atomic E-state index is 12.0. The Morgan fingerprint density at radius 2 is 1.78 bits per heavy atom. The molecule has 0 unspecified atom stereocenters. The Morgan fingerprint density at radius 1 is 1.13 bits per heavy atom. The van der Waals surface area contributed by atoms with E-state index < -0.39 is 5.97 Å². The smallest absolute Gasteiger partial charge is 0.349 e. The van der Waals surface area contributed by atoms with Crippen LogP contribution in [0.3, 0.4) is 0 Å². The molecule has 2 aromatic carbocycles. The third-order valence-corrected chi connectivity index (χ3v) is 3.27. The number of ether oxygens (including phenoxy) is 1. The van der Waals surface area contributed by atoms with E-state index in [1.807, 2.05) is 79.7 Å². The van der Waals surface area contributed by atoms with Gasteiger partial charge in [-0.1, -0.05) is 42.5 Å². The third-order valence-electron chi connectivity index (χ3n) is 3.27. The molecule has 0 aliphatic heterocycles. The highest BCUT2D eigenvalue weighted by molar-refractivity contribution is 5.97. The molecule has 0 fully saturated rings. The zero-order valence-corrected chi connectivity index (χ0v) is 13.2. The van der Waals surface area contributed by atoms with Gasteiger partial charge in [0.25, 0.3) is 0 Å². The van der Waals surface area contributed by atoms with Crippen LogP contribution in [0.2, 0.25) is 0 Å². The molecular formula is C19H18N2O2. The maximum atomic E-state index is 12.0. The van der Waals surface area contributed by atoms with Crippen molar-refractivity contribution >= 4 is 17.7 Å². The summed E-state index contributed by atoms with van der Waals surface area (Å²) in [6.45, 7) is 0.151. The second kappa shape index (κ2) is 7.81. The van der Waals surface area contributed by atoms with Crippen LogP contribution in [0.1, 0.15) is 11.1 Å². The van der Waals surface area contributed by atoms with Crippen LogP contribution in [0, 0.1) is 11.3 Å². The molecule has 116 valence electrons. The number of anilines is 1. The van der Waals surface area contributed by atoms with Crippen LogP contribution in [0.15, 0.2) is 60.2 Å². The minimum atomic E-state index is -0.618. The van der Waals surface area contributed by atoms with Crippen molar-refractivity contribution in [2.45, 2.75) is 6.61 Å². The normalized spacial score (nSPS) is 10.7. The van der Waals surface area contributed by atoms with Gasteiger partial charge in [-0.05, 0) is 29.3 Å². The first-order chi connectivity index (χ1) is 11.1. The Hall–Kier alpha value is -3.06. The zero-order valence-electron chi connectivity index (χ0n) is 13.2. The number of rotatable bonds is 5. The molecule has 0 aliphatic rings. The molecule has 0 atom stereocenters. The second-order valence-corrected chi connectivity index (χ2v) is 5.22. The van der Waals surface area contributed by atoms with E-state index in [4.69, 9.17) is 4.74 Å². The van der Waals surface area contributed by atoms with Gasteiger partial charge in [0.1, 0.15) is 18.2 Å². The summed E-state index contributed by atoms with van der Waals surface area (Å²) in [4.78, 5) is 14.0. The molecule has 0 bridgehead atoms. The molecule has 0 amide bonds. The summed E-state index contributed by atoms with van der Waals surface area (Å²) >= 11 is 0. The molecule has 0 aromatic heterocycles. The third kappa shape index (κ3) is 4.72. The quantitative estimate of drug-likeness (QED) is 0.482. The van der Waals surface area contributed by atoms with Crippen molar-refractivity contribution in [1.82, 2.24) is 0 Å². The first-order valence-electron chi connectivity index (χ1n) is 7.20. The fourth-order valence-corrected chi connectivity index (χ4v) is 1.97. The molecule has 0 saturated carbocycles. The SMILES string of the molecule is CN(C)c1ccc(/C=C(\C#N)C(=O)OCc2ccccc2)cc1. The van der Waals surface area contributed by atoms with E-state index in [1.54, 1.807) is 0 Å². The summed E-state index contributed by atoms with van der Waals surface area (Å²) in [6, 6.07) is 18.8. The molecule has 2 aromatic rings. The number of esters is 1. The van der Waals surface area contributed by atoms with Crippen LogP contribution < -0.4 is 4.90 Å². The van der Waals surface area contributed by atoms with Gasteiger partial charge in [-0.3, -0.25) is 0 Å². The Labute approximate surface area is 136 Å². The minimum Gasteiger partial charge on any atom is -0.457 e. The topological polar surface area (TPSA) is 53.3 Å². The summed E-state index contributed by atoms with van der Waals surface area (Å²) < 4.78 is 5.18. The maximum Gasteiger partial charge on any atom is 0.349 e. The van der Waals surface area contributed by atoms with E-state index >= 15 is 0 Å². The predicted molar refractivity (Wildman–Crippen MR) is 90.6 cm³/mol. The molecule has 0 spiro atoms. The molecule has 0 saturated heterocycles. The first-order valence-corrected chi connectivity index (χ1v) is 7.20. The summed E-state index contributed by atoms with van der Waals surface area (Å²) in [5.41, 5.74) is 2.70. The highest BCUT2D eigenvalue weighted by atomic mass is 16.5. The summed E-state index contributed by atoms with van der Waals surface area (Å²) in [5, 5.41) is 9.17. The Kier molecular flexibility index (Phi) is 5.54. The van der Waals surface area contributed by atoms with Crippen molar-refractivity contribution in [3.05, 3.63) is 71.3 Å². The Morgan fingerprint density at radius 3 is 2.35 bits per heavy atom. The molecule has 2 rings (SSSR count). The average Bonchev–Trinajstić information content (AvgIpc) is 2.59. The van der Waals surface area contributed by atoms with Gasteiger partial charge in [0.05, 0.1) is 0 Å². The first kappa shape index (κ1) is 16.3. The summed E-state index contributed by atoms with van der Waals surface area (Å²) in [5.74, 6) is -0.618.